The predicted octanol–water partition coefficient (Wildman–Crippen LogP) is 0.684. The lowest BCUT2D eigenvalue weighted by Gasteiger charge is -2.33. The maximum atomic E-state index is 11.5. The number of carbonyl (C=O) groups is 1. The number of likely N-dealkylation sites (N-methyl/N-ethyl adjacent to an activating group) is 1. The summed E-state index contributed by atoms with van der Waals surface area (Å²) in [6.45, 7) is 5.53. The zero-order valence-electron chi connectivity index (χ0n) is 11.2. The van der Waals surface area contributed by atoms with E-state index in [0.29, 0.717) is 11.2 Å². The fourth-order valence-corrected chi connectivity index (χ4v) is 2.32. The molecular formula is C13H17N5O. The van der Waals surface area contributed by atoms with Crippen LogP contribution in [0.3, 0.4) is 0 Å². The molecule has 100 valence electrons. The van der Waals surface area contributed by atoms with E-state index in [2.05, 4.69) is 26.9 Å². The summed E-state index contributed by atoms with van der Waals surface area (Å²) in [6.07, 6.45) is 3.45. The Kier molecular flexibility index (Phi) is 2.94. The molecule has 0 radical (unpaired) electrons. The molecule has 19 heavy (non-hydrogen) atoms. The topological polar surface area (TPSA) is 53.7 Å². The van der Waals surface area contributed by atoms with E-state index in [9.17, 15) is 4.79 Å². The third-order valence-electron chi connectivity index (χ3n) is 3.56. The molecule has 1 aliphatic heterocycles. The maximum absolute atomic E-state index is 11.5. The first-order valence-corrected chi connectivity index (χ1v) is 6.44. The minimum atomic E-state index is -0.00183. The number of hydrogen-bond acceptors (Lipinski definition) is 5. The van der Waals surface area contributed by atoms with Gasteiger partial charge in [0.05, 0.1) is 11.8 Å². The average Bonchev–Trinajstić information content (AvgIpc) is 2.82. The highest BCUT2D eigenvalue weighted by Gasteiger charge is 2.17. The zero-order valence-corrected chi connectivity index (χ0v) is 11.2. The van der Waals surface area contributed by atoms with E-state index in [-0.39, 0.29) is 5.78 Å². The molecule has 0 atom stereocenters. The summed E-state index contributed by atoms with van der Waals surface area (Å²) in [5, 5.41) is 4.14. The largest absolute Gasteiger partial charge is 0.354 e. The average molecular weight is 259 g/mol. The fourth-order valence-electron chi connectivity index (χ4n) is 2.32. The molecule has 1 saturated heterocycles. The van der Waals surface area contributed by atoms with Gasteiger partial charge >= 0.3 is 0 Å². The van der Waals surface area contributed by atoms with Crippen LogP contribution in [0.1, 0.15) is 17.3 Å². The third-order valence-corrected chi connectivity index (χ3v) is 3.56. The van der Waals surface area contributed by atoms with Gasteiger partial charge in [0.15, 0.2) is 11.4 Å². The molecule has 3 rings (SSSR count). The Labute approximate surface area is 111 Å². The van der Waals surface area contributed by atoms with Gasteiger partial charge in [-0.2, -0.15) is 5.10 Å². The minimum Gasteiger partial charge on any atom is -0.354 e. The van der Waals surface area contributed by atoms with Crippen LogP contribution in [0.2, 0.25) is 0 Å². The van der Waals surface area contributed by atoms with Crippen LogP contribution in [-0.4, -0.2) is 58.5 Å². The Morgan fingerprint density at radius 2 is 2.00 bits per heavy atom. The van der Waals surface area contributed by atoms with Gasteiger partial charge in [0.2, 0.25) is 0 Å². The van der Waals surface area contributed by atoms with Gasteiger partial charge in [-0.1, -0.05) is 0 Å². The number of fused-ring (bicyclic) bond motifs is 1. The van der Waals surface area contributed by atoms with E-state index in [4.69, 9.17) is 0 Å². The van der Waals surface area contributed by atoms with E-state index in [1.807, 2.05) is 12.3 Å². The van der Waals surface area contributed by atoms with E-state index in [1.54, 1.807) is 17.6 Å². The molecule has 6 heteroatoms. The second-order valence-electron chi connectivity index (χ2n) is 4.96. The molecule has 2 aromatic rings. The standard InChI is InChI=1S/C13H17N5O/c1-10(19)11-9-14-18-4-3-12(15-13(11)18)17-7-5-16(2)6-8-17/h3-4,9H,5-8H2,1-2H3. The highest BCUT2D eigenvalue weighted by atomic mass is 16.1. The molecule has 2 aromatic heterocycles. The van der Waals surface area contributed by atoms with E-state index < -0.39 is 0 Å². The summed E-state index contributed by atoms with van der Waals surface area (Å²) in [6, 6.07) is 1.95. The highest BCUT2D eigenvalue weighted by Crippen LogP contribution is 2.16. The number of nitrogens with zero attached hydrogens (tertiary/aromatic N) is 5. The molecular weight excluding hydrogens is 242 g/mol. The summed E-state index contributed by atoms with van der Waals surface area (Å²) in [7, 11) is 2.12. The second kappa shape index (κ2) is 4.62. The highest BCUT2D eigenvalue weighted by molar-refractivity contribution is 5.99. The van der Waals surface area contributed by atoms with Crippen molar-refractivity contribution in [1.82, 2.24) is 19.5 Å². The van der Waals surface area contributed by atoms with Gasteiger partial charge < -0.3 is 9.80 Å². The Hall–Kier alpha value is -1.95. The van der Waals surface area contributed by atoms with Crippen molar-refractivity contribution in [3.8, 4) is 0 Å². The molecule has 1 aliphatic rings. The number of Topliss-reactive ketones (excluding diaryl/α,β-unsaturated/α-hetero) is 1. The molecule has 0 amide bonds. The number of carbonyl (C=O) groups excluding carboxylic acids is 1. The summed E-state index contributed by atoms with van der Waals surface area (Å²) < 4.78 is 1.65. The zero-order chi connectivity index (χ0) is 13.4. The number of ketones is 1. The van der Waals surface area contributed by atoms with Gasteiger partial charge in [-0.3, -0.25) is 4.79 Å². The van der Waals surface area contributed by atoms with Crippen molar-refractivity contribution in [3.05, 3.63) is 24.0 Å². The van der Waals surface area contributed by atoms with Crippen molar-refractivity contribution in [2.24, 2.45) is 0 Å². The number of aromatic nitrogens is 3. The first-order chi connectivity index (χ1) is 9.15. The number of piperazine rings is 1. The molecule has 3 heterocycles. The van der Waals surface area contributed by atoms with Gasteiger partial charge in [0.25, 0.3) is 0 Å². The number of hydrogen-bond donors (Lipinski definition) is 0. The predicted molar refractivity (Wildman–Crippen MR) is 72.7 cm³/mol. The number of anilines is 1. The third kappa shape index (κ3) is 2.19. The summed E-state index contributed by atoms with van der Waals surface area (Å²) in [4.78, 5) is 20.7. The molecule has 6 nitrogen and oxygen atoms in total. The SMILES string of the molecule is CC(=O)c1cnn2ccc(N3CCN(C)CC3)nc12. The maximum Gasteiger partial charge on any atom is 0.168 e. The molecule has 0 aliphatic carbocycles. The van der Waals surface area contributed by atoms with Gasteiger partial charge in [0.1, 0.15) is 5.82 Å². The summed E-state index contributed by atoms with van der Waals surface area (Å²) >= 11 is 0. The van der Waals surface area contributed by atoms with Gasteiger partial charge in [-0.25, -0.2) is 9.50 Å². The van der Waals surface area contributed by atoms with Crippen molar-refractivity contribution in [3.63, 3.8) is 0 Å². The molecule has 1 fully saturated rings. The van der Waals surface area contributed by atoms with Crippen molar-refractivity contribution in [2.45, 2.75) is 6.92 Å². The van der Waals surface area contributed by atoms with Crippen LogP contribution in [0.15, 0.2) is 18.5 Å². The van der Waals surface area contributed by atoms with Crippen molar-refractivity contribution < 1.29 is 4.79 Å². The Bertz CT molecular complexity index is 613. The van der Waals surface area contributed by atoms with Crippen LogP contribution < -0.4 is 4.90 Å². The first-order valence-electron chi connectivity index (χ1n) is 6.44. The van der Waals surface area contributed by atoms with Crippen LogP contribution in [0.25, 0.3) is 5.65 Å². The minimum absolute atomic E-state index is 0.00183. The molecule has 0 N–H and O–H groups in total. The van der Waals surface area contributed by atoms with Gasteiger partial charge in [-0.15, -0.1) is 0 Å². The van der Waals surface area contributed by atoms with Crippen LogP contribution in [0, 0.1) is 0 Å². The quantitative estimate of drug-likeness (QED) is 0.742. The van der Waals surface area contributed by atoms with Crippen LogP contribution in [0.5, 0.6) is 0 Å². The van der Waals surface area contributed by atoms with E-state index in [1.165, 1.54) is 0 Å². The molecule has 0 bridgehead atoms. The second-order valence-corrected chi connectivity index (χ2v) is 4.96. The Morgan fingerprint density at radius 3 is 2.68 bits per heavy atom. The molecule has 0 unspecified atom stereocenters. The molecule has 0 saturated carbocycles. The van der Waals surface area contributed by atoms with E-state index >= 15 is 0 Å². The Balaban J connectivity index is 1.96. The van der Waals surface area contributed by atoms with Gasteiger partial charge in [-0.05, 0) is 20.0 Å². The first kappa shape index (κ1) is 12.1. The fraction of sp³-hybridized carbons (Fsp3) is 0.462. The Morgan fingerprint density at radius 1 is 1.26 bits per heavy atom. The molecule has 0 spiro atoms. The number of rotatable bonds is 2. The normalized spacial score (nSPS) is 17.1. The lowest BCUT2D eigenvalue weighted by atomic mass is 10.2. The van der Waals surface area contributed by atoms with Gasteiger partial charge in [0, 0.05) is 32.4 Å². The summed E-state index contributed by atoms with van der Waals surface area (Å²) in [5.41, 5.74) is 1.22. The van der Waals surface area contributed by atoms with Crippen LogP contribution in [0.4, 0.5) is 5.82 Å². The lowest BCUT2D eigenvalue weighted by molar-refractivity contribution is 0.101. The van der Waals surface area contributed by atoms with E-state index in [0.717, 1.165) is 32.0 Å². The lowest BCUT2D eigenvalue weighted by Crippen LogP contribution is -2.44. The summed E-state index contributed by atoms with van der Waals surface area (Å²) in [5.74, 6) is 0.918. The molecule has 0 aromatic carbocycles. The monoisotopic (exact) mass is 259 g/mol. The van der Waals surface area contributed by atoms with Crippen LogP contribution in [-0.2, 0) is 0 Å². The van der Waals surface area contributed by atoms with Crippen molar-refractivity contribution in [2.75, 3.05) is 38.1 Å². The van der Waals surface area contributed by atoms with Crippen molar-refractivity contribution in [1.29, 1.82) is 0 Å². The van der Waals surface area contributed by atoms with Crippen LogP contribution >= 0.6 is 0 Å². The van der Waals surface area contributed by atoms with Crippen molar-refractivity contribution >= 4 is 17.2 Å². The smallest absolute Gasteiger partial charge is 0.168 e.